The van der Waals surface area contributed by atoms with Crippen molar-refractivity contribution in [3.05, 3.63) is 87.4 Å². The maximum Gasteiger partial charge on any atom is 0.329 e. The predicted octanol–water partition coefficient (Wildman–Crippen LogP) is 5.06. The molecular weight excluding hydrogens is 522 g/mol. The van der Waals surface area contributed by atoms with Crippen molar-refractivity contribution in [2.75, 3.05) is 23.4 Å². The standard InChI is InChI=1S/C25H23BrClN3O4/c1-2-34-20-10-8-19(9-11-20)30-24(32)29-22-12-5-17(26)15-21(22)25(30,33)23(31)28-14-13-16-3-6-18(27)7-4-16/h3-12,15,33H,2,13-14H2,1H3,(H,28,31)(H,29,32)/t25-/m0/s1. The third-order valence-electron chi connectivity index (χ3n) is 5.46. The van der Waals surface area contributed by atoms with E-state index in [9.17, 15) is 14.7 Å². The number of carbonyl (C=O) groups excluding carboxylic acids is 2. The molecule has 0 saturated carbocycles. The Hall–Kier alpha value is -3.07. The lowest BCUT2D eigenvalue weighted by Gasteiger charge is -2.42. The van der Waals surface area contributed by atoms with Crippen molar-refractivity contribution in [1.82, 2.24) is 5.32 Å². The van der Waals surface area contributed by atoms with Crippen molar-refractivity contribution in [3.63, 3.8) is 0 Å². The lowest BCUT2D eigenvalue weighted by molar-refractivity contribution is -0.140. The maximum atomic E-state index is 13.5. The Kier molecular flexibility index (Phi) is 7.11. The zero-order chi connectivity index (χ0) is 24.3. The monoisotopic (exact) mass is 543 g/mol. The summed E-state index contributed by atoms with van der Waals surface area (Å²) in [7, 11) is 0. The maximum absolute atomic E-state index is 13.5. The van der Waals surface area contributed by atoms with Gasteiger partial charge in [-0.25, -0.2) is 4.79 Å². The molecule has 34 heavy (non-hydrogen) atoms. The van der Waals surface area contributed by atoms with Gasteiger partial charge < -0.3 is 20.5 Å². The molecule has 0 bridgehead atoms. The normalized spacial score (nSPS) is 17.1. The summed E-state index contributed by atoms with van der Waals surface area (Å²) >= 11 is 9.33. The molecular formula is C25H23BrClN3O4. The van der Waals surface area contributed by atoms with Crippen LogP contribution in [0.3, 0.4) is 0 Å². The van der Waals surface area contributed by atoms with Gasteiger partial charge in [0.25, 0.3) is 11.6 Å². The minimum Gasteiger partial charge on any atom is -0.494 e. The fraction of sp³-hybridized carbons (Fsp3) is 0.200. The molecule has 3 aromatic rings. The van der Waals surface area contributed by atoms with Gasteiger partial charge >= 0.3 is 6.03 Å². The molecule has 0 radical (unpaired) electrons. The molecule has 9 heteroatoms. The minimum atomic E-state index is -2.28. The molecule has 0 aromatic heterocycles. The predicted molar refractivity (Wildman–Crippen MR) is 135 cm³/mol. The summed E-state index contributed by atoms with van der Waals surface area (Å²) in [5.41, 5.74) is -0.370. The molecule has 0 unspecified atom stereocenters. The number of urea groups is 1. The molecule has 0 aliphatic carbocycles. The number of hydrogen-bond acceptors (Lipinski definition) is 4. The average Bonchev–Trinajstić information content (AvgIpc) is 2.82. The molecule has 1 aliphatic rings. The van der Waals surface area contributed by atoms with E-state index in [4.69, 9.17) is 16.3 Å². The number of nitrogens with one attached hydrogen (secondary N) is 2. The van der Waals surface area contributed by atoms with Crippen molar-refractivity contribution < 1.29 is 19.4 Å². The summed E-state index contributed by atoms with van der Waals surface area (Å²) in [4.78, 5) is 27.7. The number of fused-ring (bicyclic) bond motifs is 1. The van der Waals surface area contributed by atoms with Gasteiger partial charge in [0.1, 0.15) is 5.75 Å². The number of rotatable bonds is 7. The quantitative estimate of drug-likeness (QED) is 0.388. The molecule has 0 spiro atoms. The van der Waals surface area contributed by atoms with Gasteiger partial charge in [0, 0.05) is 27.3 Å². The Morgan fingerprint density at radius 1 is 1.15 bits per heavy atom. The van der Waals surface area contributed by atoms with E-state index in [1.165, 1.54) is 0 Å². The first-order valence-electron chi connectivity index (χ1n) is 10.7. The molecule has 3 N–H and O–H groups in total. The smallest absolute Gasteiger partial charge is 0.329 e. The lowest BCUT2D eigenvalue weighted by atomic mass is 9.94. The molecule has 1 atom stereocenters. The van der Waals surface area contributed by atoms with Crippen molar-refractivity contribution in [3.8, 4) is 5.75 Å². The van der Waals surface area contributed by atoms with E-state index in [0.717, 1.165) is 10.5 Å². The molecule has 1 heterocycles. The van der Waals surface area contributed by atoms with Crippen LogP contribution in [0.2, 0.25) is 5.02 Å². The van der Waals surface area contributed by atoms with Gasteiger partial charge in [-0.15, -0.1) is 0 Å². The number of benzene rings is 3. The third kappa shape index (κ3) is 4.75. The second-order valence-corrected chi connectivity index (χ2v) is 9.04. The first-order chi connectivity index (χ1) is 16.3. The zero-order valence-electron chi connectivity index (χ0n) is 18.3. The fourth-order valence-electron chi connectivity index (χ4n) is 3.83. The molecule has 7 nitrogen and oxygen atoms in total. The van der Waals surface area contributed by atoms with E-state index in [-0.39, 0.29) is 12.1 Å². The number of hydrogen-bond donors (Lipinski definition) is 3. The summed E-state index contributed by atoms with van der Waals surface area (Å²) < 4.78 is 6.13. The topological polar surface area (TPSA) is 90.9 Å². The van der Waals surface area contributed by atoms with E-state index < -0.39 is 17.7 Å². The molecule has 176 valence electrons. The SMILES string of the molecule is CCOc1ccc(N2C(=O)Nc3ccc(Br)cc3[C@]2(O)C(=O)NCCc2ccc(Cl)cc2)cc1. The van der Waals surface area contributed by atoms with Crippen LogP contribution >= 0.6 is 27.5 Å². The van der Waals surface area contributed by atoms with Crippen LogP contribution < -0.4 is 20.3 Å². The zero-order valence-corrected chi connectivity index (χ0v) is 20.7. The lowest BCUT2D eigenvalue weighted by Crippen LogP contribution is -2.62. The van der Waals surface area contributed by atoms with Crippen LogP contribution in [-0.4, -0.2) is 30.2 Å². The number of aliphatic hydroxyl groups is 1. The van der Waals surface area contributed by atoms with E-state index in [1.54, 1.807) is 54.6 Å². The number of halogens is 2. The largest absolute Gasteiger partial charge is 0.494 e. The van der Waals surface area contributed by atoms with E-state index >= 15 is 0 Å². The Bertz CT molecular complexity index is 1200. The van der Waals surface area contributed by atoms with Crippen molar-refractivity contribution in [2.24, 2.45) is 0 Å². The summed E-state index contributed by atoms with van der Waals surface area (Å²) in [6.45, 7) is 2.61. The van der Waals surface area contributed by atoms with Crippen LogP contribution in [0.1, 0.15) is 18.1 Å². The van der Waals surface area contributed by atoms with Gasteiger partial charge in [-0.1, -0.05) is 39.7 Å². The van der Waals surface area contributed by atoms with Gasteiger partial charge in [0.2, 0.25) is 0 Å². The second kappa shape index (κ2) is 10.0. The fourth-order valence-corrected chi connectivity index (χ4v) is 4.32. The van der Waals surface area contributed by atoms with Crippen LogP contribution in [0.4, 0.5) is 16.2 Å². The first-order valence-corrected chi connectivity index (χ1v) is 11.9. The minimum absolute atomic E-state index is 0.249. The molecule has 3 amide bonds. The van der Waals surface area contributed by atoms with Crippen molar-refractivity contribution in [2.45, 2.75) is 19.1 Å². The van der Waals surface area contributed by atoms with Gasteiger partial charge in [-0.3, -0.25) is 9.69 Å². The van der Waals surface area contributed by atoms with Crippen LogP contribution in [0.15, 0.2) is 71.2 Å². The number of nitrogens with zero attached hydrogens (tertiary/aromatic N) is 1. The van der Waals surface area contributed by atoms with Crippen LogP contribution in [0, 0.1) is 0 Å². The van der Waals surface area contributed by atoms with Crippen LogP contribution in [-0.2, 0) is 16.9 Å². The number of anilines is 2. The Morgan fingerprint density at radius 2 is 1.85 bits per heavy atom. The average molecular weight is 545 g/mol. The Morgan fingerprint density at radius 3 is 2.53 bits per heavy atom. The second-order valence-electron chi connectivity index (χ2n) is 7.69. The molecule has 0 fully saturated rings. The molecule has 1 aliphatic heterocycles. The van der Waals surface area contributed by atoms with Gasteiger partial charge in [0.05, 0.1) is 12.3 Å². The summed E-state index contributed by atoms with van der Waals surface area (Å²) in [5, 5.41) is 18.1. The van der Waals surface area contributed by atoms with Gasteiger partial charge in [-0.2, -0.15) is 0 Å². The number of amides is 3. The number of ether oxygens (including phenoxy) is 1. The molecule has 0 saturated heterocycles. The summed E-state index contributed by atoms with van der Waals surface area (Å²) in [6.07, 6.45) is 0.527. The van der Waals surface area contributed by atoms with E-state index in [2.05, 4.69) is 26.6 Å². The highest BCUT2D eigenvalue weighted by Crippen LogP contribution is 2.41. The Balaban J connectivity index is 1.67. The highest BCUT2D eigenvalue weighted by atomic mass is 79.9. The third-order valence-corrected chi connectivity index (χ3v) is 6.21. The molecule has 4 rings (SSSR count). The summed E-state index contributed by atoms with van der Waals surface area (Å²) in [6, 6.07) is 18.3. The van der Waals surface area contributed by atoms with E-state index in [0.29, 0.717) is 39.6 Å². The number of carbonyl (C=O) groups is 2. The van der Waals surface area contributed by atoms with Crippen LogP contribution in [0.5, 0.6) is 5.75 Å². The Labute approximate surface area is 210 Å². The van der Waals surface area contributed by atoms with Crippen molar-refractivity contribution >= 4 is 50.8 Å². The van der Waals surface area contributed by atoms with Gasteiger partial charge in [0.15, 0.2) is 0 Å². The van der Waals surface area contributed by atoms with E-state index in [1.807, 2.05) is 19.1 Å². The highest BCUT2D eigenvalue weighted by molar-refractivity contribution is 9.10. The van der Waals surface area contributed by atoms with Gasteiger partial charge in [-0.05, 0) is 73.5 Å². The van der Waals surface area contributed by atoms with Crippen molar-refractivity contribution in [1.29, 1.82) is 0 Å². The molecule has 3 aromatic carbocycles. The summed E-state index contributed by atoms with van der Waals surface area (Å²) in [5.74, 6) is -0.104. The van der Waals surface area contributed by atoms with Crippen LogP contribution in [0.25, 0.3) is 0 Å². The highest BCUT2D eigenvalue weighted by Gasteiger charge is 2.52. The first kappa shape index (κ1) is 24.1.